The topological polar surface area (TPSA) is 278 Å². The molecule has 4 unspecified atom stereocenters. The fourth-order valence-electron chi connectivity index (χ4n) is 15.8. The summed E-state index contributed by atoms with van der Waals surface area (Å²) in [5, 5.41) is 120. The average Bonchev–Trinajstić information content (AvgIpc) is 3.27. The Balaban J connectivity index is 1.05. The van der Waals surface area contributed by atoms with Crippen LogP contribution in [0.25, 0.3) is 0 Å². The van der Waals surface area contributed by atoms with E-state index in [-0.39, 0.29) is 51.9 Å². The van der Waals surface area contributed by atoms with Gasteiger partial charge in [-0.1, -0.05) is 67.0 Å². The molecule has 25 atom stereocenters. The van der Waals surface area contributed by atoms with E-state index in [1.165, 1.54) is 12.5 Å². The van der Waals surface area contributed by atoms with E-state index >= 15 is 0 Å². The molecule has 386 valence electrons. The molecule has 5 aliphatic carbocycles. The third-order valence-corrected chi connectivity index (χ3v) is 20.0. The minimum Gasteiger partial charge on any atom is -0.396 e. The third-order valence-electron chi connectivity index (χ3n) is 20.0. The van der Waals surface area contributed by atoms with Gasteiger partial charge in [0.25, 0.3) is 0 Å². The highest BCUT2D eigenvalue weighted by Crippen LogP contribution is 2.77. The van der Waals surface area contributed by atoms with Gasteiger partial charge in [0.05, 0.1) is 38.1 Å². The van der Waals surface area contributed by atoms with Crippen molar-refractivity contribution in [3.63, 3.8) is 0 Å². The number of allylic oxidation sites excluding steroid dienone is 2. The van der Waals surface area contributed by atoms with Gasteiger partial charge in [-0.3, -0.25) is 0 Å². The first-order chi connectivity index (χ1) is 31.3. The van der Waals surface area contributed by atoms with E-state index in [9.17, 15) is 56.2 Å². The molecule has 11 N–H and O–H groups in total. The van der Waals surface area contributed by atoms with Crippen LogP contribution in [0.4, 0.5) is 0 Å². The molecule has 0 radical (unpaired) electrons. The molecular formula is C50H84O17. The zero-order chi connectivity index (χ0) is 49.1. The van der Waals surface area contributed by atoms with Gasteiger partial charge < -0.3 is 84.6 Å². The van der Waals surface area contributed by atoms with Crippen molar-refractivity contribution in [3.8, 4) is 0 Å². The maximum absolute atomic E-state index is 12.2. The highest BCUT2D eigenvalue weighted by atomic mass is 16.8. The minimum atomic E-state index is -1.76. The van der Waals surface area contributed by atoms with Crippen LogP contribution in [0.15, 0.2) is 11.6 Å². The molecule has 8 rings (SSSR count). The van der Waals surface area contributed by atoms with Gasteiger partial charge in [0, 0.05) is 5.41 Å². The second-order valence-corrected chi connectivity index (χ2v) is 24.4. The molecule has 3 saturated heterocycles. The molecule has 17 nitrogen and oxygen atoms in total. The summed E-state index contributed by atoms with van der Waals surface area (Å²) >= 11 is 0. The van der Waals surface area contributed by atoms with Gasteiger partial charge in [0.1, 0.15) is 67.1 Å². The third kappa shape index (κ3) is 8.25. The molecule has 3 aliphatic heterocycles. The van der Waals surface area contributed by atoms with E-state index in [0.29, 0.717) is 12.8 Å². The fourth-order valence-corrected chi connectivity index (χ4v) is 15.8. The lowest BCUT2D eigenvalue weighted by Crippen LogP contribution is -2.69. The lowest BCUT2D eigenvalue weighted by Gasteiger charge is -2.73. The van der Waals surface area contributed by atoms with Crippen molar-refractivity contribution >= 4 is 0 Å². The molecule has 0 spiro atoms. The molecule has 0 aromatic rings. The second-order valence-electron chi connectivity index (χ2n) is 24.4. The van der Waals surface area contributed by atoms with E-state index < -0.39 is 128 Å². The van der Waals surface area contributed by atoms with Crippen LogP contribution in [-0.2, 0) is 28.4 Å². The quantitative estimate of drug-likeness (QED) is 0.109. The maximum atomic E-state index is 12.2. The lowest BCUT2D eigenvalue weighted by atomic mass is 9.32. The Morgan fingerprint density at radius 2 is 1.28 bits per heavy atom. The van der Waals surface area contributed by atoms with Gasteiger partial charge in [-0.2, -0.15) is 0 Å². The lowest BCUT2D eigenvalue weighted by molar-refractivity contribution is -0.374. The molecule has 0 aromatic carbocycles. The number of ether oxygens (including phenoxy) is 6. The molecule has 67 heavy (non-hydrogen) atoms. The normalized spacial score (nSPS) is 55.0. The van der Waals surface area contributed by atoms with E-state index in [2.05, 4.69) is 61.5 Å². The van der Waals surface area contributed by atoms with E-state index in [1.807, 2.05) is 0 Å². The van der Waals surface area contributed by atoms with Gasteiger partial charge in [-0.25, -0.2) is 0 Å². The SMILES string of the molecule is CCC1C=C2C3CC(C)(C)CC[C@@]3(CO)[C@H](O)C[C@]2(C)[C@@]2(C)CCC3C(C)(C)[C@H](O[C@H]4O[C@@H](CO[C@H]5O[C@@H](CO)[C@H](O)[C@@H](O)[C@@H]5O)[C@H](O[C@H]5O[C@H](C)[C@@H](O)[C@H](O)[C@@H]5O)[C@@H](O)[C@@H]4O)CC[C@@]3(C)C12. The predicted octanol–water partition coefficient (Wildman–Crippen LogP) is 1.25. The van der Waals surface area contributed by atoms with Gasteiger partial charge in [0.15, 0.2) is 18.9 Å². The smallest absolute Gasteiger partial charge is 0.187 e. The Morgan fingerprint density at radius 1 is 0.657 bits per heavy atom. The molecular weight excluding hydrogens is 873 g/mol. The Kier molecular flexibility index (Phi) is 14.5. The first-order valence-corrected chi connectivity index (χ1v) is 25.2. The molecule has 0 aromatic heterocycles. The van der Waals surface area contributed by atoms with Crippen LogP contribution in [0.2, 0.25) is 0 Å². The van der Waals surface area contributed by atoms with E-state index in [4.69, 9.17) is 28.4 Å². The molecule has 3 heterocycles. The largest absolute Gasteiger partial charge is 0.396 e. The second kappa shape index (κ2) is 18.5. The molecule has 8 aliphatic rings. The van der Waals surface area contributed by atoms with Crippen molar-refractivity contribution in [2.75, 3.05) is 19.8 Å². The Morgan fingerprint density at radius 3 is 1.94 bits per heavy atom. The average molecular weight is 957 g/mol. The van der Waals surface area contributed by atoms with Crippen LogP contribution in [0.5, 0.6) is 0 Å². The summed E-state index contributed by atoms with van der Waals surface area (Å²) in [7, 11) is 0. The van der Waals surface area contributed by atoms with Crippen LogP contribution >= 0.6 is 0 Å². The highest BCUT2D eigenvalue weighted by Gasteiger charge is 2.71. The minimum absolute atomic E-state index is 0.0166. The number of aliphatic hydroxyl groups is 11. The zero-order valence-electron chi connectivity index (χ0n) is 41.1. The summed E-state index contributed by atoms with van der Waals surface area (Å²) in [4.78, 5) is 0. The fraction of sp³-hybridized carbons (Fsp3) is 0.960. The van der Waals surface area contributed by atoms with E-state index in [0.717, 1.165) is 44.9 Å². The van der Waals surface area contributed by atoms with Crippen LogP contribution in [-0.4, -0.2) is 180 Å². The van der Waals surface area contributed by atoms with Crippen molar-refractivity contribution in [2.45, 2.75) is 224 Å². The first-order valence-electron chi connectivity index (χ1n) is 25.2. The molecule has 0 amide bonds. The van der Waals surface area contributed by atoms with Crippen molar-refractivity contribution in [1.82, 2.24) is 0 Å². The molecule has 0 bridgehead atoms. The Hall–Kier alpha value is -0.940. The molecule has 4 saturated carbocycles. The molecule has 17 heteroatoms. The Labute approximate surface area is 395 Å². The van der Waals surface area contributed by atoms with Crippen molar-refractivity contribution in [2.24, 2.45) is 56.2 Å². The summed E-state index contributed by atoms with van der Waals surface area (Å²) in [5.74, 6) is 0.835. The predicted molar refractivity (Wildman–Crippen MR) is 239 cm³/mol. The summed E-state index contributed by atoms with van der Waals surface area (Å²) < 4.78 is 36.4. The van der Waals surface area contributed by atoms with Crippen molar-refractivity contribution < 1.29 is 84.6 Å². The van der Waals surface area contributed by atoms with Gasteiger partial charge in [-0.15, -0.1) is 0 Å². The summed E-state index contributed by atoms with van der Waals surface area (Å²) in [5.41, 5.74) is -0.0236. The van der Waals surface area contributed by atoms with E-state index in [1.54, 1.807) is 0 Å². The maximum Gasteiger partial charge on any atom is 0.187 e. The molecule has 7 fully saturated rings. The monoisotopic (exact) mass is 957 g/mol. The summed E-state index contributed by atoms with van der Waals surface area (Å²) in [6.07, 6.45) is -14.0. The summed E-state index contributed by atoms with van der Waals surface area (Å²) in [6, 6.07) is 0. The number of aliphatic hydroxyl groups excluding tert-OH is 11. The van der Waals surface area contributed by atoms with Crippen LogP contribution < -0.4 is 0 Å². The Bertz CT molecular complexity index is 1780. The number of rotatable bonds is 10. The highest BCUT2D eigenvalue weighted by molar-refractivity contribution is 5.36. The number of hydrogen-bond acceptors (Lipinski definition) is 17. The number of hydrogen-bond donors (Lipinski definition) is 11. The van der Waals surface area contributed by atoms with Crippen molar-refractivity contribution in [3.05, 3.63) is 11.6 Å². The first kappa shape index (κ1) is 52.4. The zero-order valence-corrected chi connectivity index (χ0v) is 41.1. The van der Waals surface area contributed by atoms with Crippen LogP contribution in [0.3, 0.4) is 0 Å². The van der Waals surface area contributed by atoms with Gasteiger partial charge >= 0.3 is 0 Å². The standard InChI is InChI=1S/C50H84O17/c1-10-24-17-25-26-18-45(3,4)15-16-50(26,22-52)30(53)19-49(25,9)48(8)14-11-29-46(5,6)31(12-13-47(29,7)41(24)48)66-44-39(61)36(58)40(67-43-38(60)34(56)32(54)23(2)63-43)28(65-44)21-62-42-37(59)35(57)33(55)27(20-51)64-42/h17,23-24,26-44,51-61H,10-16,18-22H2,1-9H3/t23-,24?,26?,27+,28+,29?,30-,31-,32-,33+,34+,35-,36+,37+,38+,39+,40+,41?,42+,43-,44-,47-,48+,49+,50+/m1/s1. The number of fused-ring (bicyclic) bond motifs is 7. The van der Waals surface area contributed by atoms with Crippen molar-refractivity contribution in [1.29, 1.82) is 0 Å². The van der Waals surface area contributed by atoms with Crippen LogP contribution in [0, 0.1) is 56.2 Å². The van der Waals surface area contributed by atoms with Crippen LogP contribution in [0.1, 0.15) is 120 Å². The van der Waals surface area contributed by atoms with Gasteiger partial charge in [-0.05, 0) is 115 Å². The summed E-state index contributed by atoms with van der Waals surface area (Å²) in [6.45, 7) is 18.9. The van der Waals surface area contributed by atoms with Gasteiger partial charge in [0.2, 0.25) is 0 Å².